The van der Waals surface area contributed by atoms with E-state index in [1.165, 1.54) is 11.1 Å². The van der Waals surface area contributed by atoms with Gasteiger partial charge in [0.1, 0.15) is 5.75 Å². The quantitative estimate of drug-likeness (QED) is 0.886. The molecule has 2 fully saturated rings. The molecule has 0 aliphatic carbocycles. The van der Waals surface area contributed by atoms with Crippen LogP contribution in [0.1, 0.15) is 33.1 Å². The maximum Gasteiger partial charge on any atom is 0.254 e. The molecule has 2 N–H and O–H groups in total. The third kappa shape index (κ3) is 2.71. The molecule has 0 unspecified atom stereocenters. The number of phenols is 1. The van der Waals surface area contributed by atoms with Gasteiger partial charge in [-0.1, -0.05) is 30.3 Å². The van der Waals surface area contributed by atoms with Crippen LogP contribution in [0.4, 0.5) is 0 Å². The summed E-state index contributed by atoms with van der Waals surface area (Å²) in [5.41, 5.74) is 3.82. The second kappa shape index (κ2) is 6.19. The van der Waals surface area contributed by atoms with Crippen LogP contribution in [-0.2, 0) is 0 Å². The van der Waals surface area contributed by atoms with Crippen LogP contribution in [0.3, 0.4) is 0 Å². The molecule has 2 saturated heterocycles. The van der Waals surface area contributed by atoms with Gasteiger partial charge in [-0.15, -0.1) is 0 Å². The number of hydrogen-bond donors (Lipinski definition) is 2. The van der Waals surface area contributed by atoms with Gasteiger partial charge in [0.05, 0.1) is 6.04 Å². The van der Waals surface area contributed by atoms with Gasteiger partial charge in [-0.3, -0.25) is 4.79 Å². The molecule has 4 heteroatoms. The smallest absolute Gasteiger partial charge is 0.254 e. The van der Waals surface area contributed by atoms with Gasteiger partial charge in [-0.2, -0.15) is 0 Å². The highest BCUT2D eigenvalue weighted by atomic mass is 16.3. The standard InChI is InChI=1S/C21H24N2O2/c1-13-5-3-4-6-17(13)20-18-11-22-10-16(18)12-23(20)21(25)15-8-7-14(2)19(24)9-15/h3-9,16,18,20,22,24H,10-12H2,1-2H3/t16-,18-,20-/m0/s1. The summed E-state index contributed by atoms with van der Waals surface area (Å²) in [6.45, 7) is 6.64. The first-order valence-corrected chi connectivity index (χ1v) is 8.93. The summed E-state index contributed by atoms with van der Waals surface area (Å²) in [6.07, 6.45) is 0. The van der Waals surface area contributed by atoms with Crippen LogP contribution in [0.2, 0.25) is 0 Å². The SMILES string of the molecule is Cc1ccc(C(=O)N2C[C@@H]3CNC[C@@H]3[C@@H]2c2ccccc2C)cc1O. The second-order valence-electron chi connectivity index (χ2n) is 7.34. The molecule has 130 valence electrons. The van der Waals surface area contributed by atoms with Crippen molar-refractivity contribution in [2.45, 2.75) is 19.9 Å². The van der Waals surface area contributed by atoms with Gasteiger partial charge in [-0.05, 0) is 48.6 Å². The van der Waals surface area contributed by atoms with Crippen molar-refractivity contribution in [3.05, 3.63) is 64.7 Å². The first-order valence-electron chi connectivity index (χ1n) is 8.93. The van der Waals surface area contributed by atoms with E-state index in [1.54, 1.807) is 6.07 Å². The zero-order chi connectivity index (χ0) is 17.6. The molecule has 25 heavy (non-hydrogen) atoms. The normalized spacial score (nSPS) is 25.2. The lowest BCUT2D eigenvalue weighted by molar-refractivity contribution is 0.0713. The molecule has 2 heterocycles. The van der Waals surface area contributed by atoms with Crippen molar-refractivity contribution in [3.8, 4) is 5.75 Å². The largest absolute Gasteiger partial charge is 0.508 e. The molecule has 0 spiro atoms. The van der Waals surface area contributed by atoms with Gasteiger partial charge >= 0.3 is 0 Å². The Labute approximate surface area is 148 Å². The van der Waals surface area contributed by atoms with Crippen LogP contribution < -0.4 is 5.32 Å². The summed E-state index contributed by atoms with van der Waals surface area (Å²) in [6, 6.07) is 13.7. The first kappa shape index (κ1) is 16.2. The van der Waals surface area contributed by atoms with E-state index in [2.05, 4.69) is 30.4 Å². The molecule has 0 radical (unpaired) electrons. The highest BCUT2D eigenvalue weighted by molar-refractivity contribution is 5.95. The number of carbonyl (C=O) groups excluding carboxylic acids is 1. The van der Waals surface area contributed by atoms with E-state index < -0.39 is 0 Å². The second-order valence-corrected chi connectivity index (χ2v) is 7.34. The predicted octanol–water partition coefficient (Wildman–Crippen LogP) is 3.04. The number of hydrogen-bond acceptors (Lipinski definition) is 3. The average molecular weight is 336 g/mol. The molecule has 0 aromatic heterocycles. The van der Waals surface area contributed by atoms with Crippen LogP contribution in [0.15, 0.2) is 42.5 Å². The van der Waals surface area contributed by atoms with E-state index in [4.69, 9.17) is 0 Å². The van der Waals surface area contributed by atoms with E-state index in [0.717, 1.165) is 25.2 Å². The lowest BCUT2D eigenvalue weighted by atomic mass is 9.87. The van der Waals surface area contributed by atoms with Crippen LogP contribution in [0, 0.1) is 25.7 Å². The highest BCUT2D eigenvalue weighted by Crippen LogP contribution is 2.44. The van der Waals surface area contributed by atoms with Gasteiger partial charge in [0.2, 0.25) is 0 Å². The fourth-order valence-electron chi connectivity index (χ4n) is 4.35. The number of carbonyl (C=O) groups is 1. The van der Waals surface area contributed by atoms with Crippen molar-refractivity contribution >= 4 is 5.91 Å². The number of likely N-dealkylation sites (tertiary alicyclic amines) is 1. The van der Waals surface area contributed by atoms with Crippen molar-refractivity contribution in [3.63, 3.8) is 0 Å². The molecule has 2 aliphatic heterocycles. The van der Waals surface area contributed by atoms with Gasteiger partial charge in [-0.25, -0.2) is 0 Å². The molecular weight excluding hydrogens is 312 g/mol. The van der Waals surface area contributed by atoms with E-state index in [1.807, 2.05) is 30.0 Å². The van der Waals surface area contributed by atoms with Crippen LogP contribution in [0.25, 0.3) is 0 Å². The number of rotatable bonds is 2. The lowest BCUT2D eigenvalue weighted by Gasteiger charge is -2.29. The minimum absolute atomic E-state index is 0.0120. The summed E-state index contributed by atoms with van der Waals surface area (Å²) in [4.78, 5) is 15.2. The van der Waals surface area contributed by atoms with E-state index in [0.29, 0.717) is 17.4 Å². The van der Waals surface area contributed by atoms with Crippen LogP contribution in [-0.4, -0.2) is 35.5 Å². The topological polar surface area (TPSA) is 52.6 Å². The minimum Gasteiger partial charge on any atom is -0.508 e. The molecule has 2 aromatic rings. The van der Waals surface area contributed by atoms with Gasteiger partial charge in [0.15, 0.2) is 0 Å². The zero-order valence-electron chi connectivity index (χ0n) is 14.7. The third-order valence-electron chi connectivity index (χ3n) is 5.79. The van der Waals surface area contributed by atoms with Crippen LogP contribution >= 0.6 is 0 Å². The highest BCUT2D eigenvalue weighted by Gasteiger charge is 2.47. The Morgan fingerprint density at radius 2 is 1.92 bits per heavy atom. The Morgan fingerprint density at radius 1 is 1.12 bits per heavy atom. The van der Waals surface area contributed by atoms with Crippen molar-refractivity contribution in [2.75, 3.05) is 19.6 Å². The molecule has 4 nitrogen and oxygen atoms in total. The zero-order valence-corrected chi connectivity index (χ0v) is 14.7. The number of nitrogens with zero attached hydrogens (tertiary/aromatic N) is 1. The summed E-state index contributed by atoms with van der Waals surface area (Å²) >= 11 is 0. The summed E-state index contributed by atoms with van der Waals surface area (Å²) in [7, 11) is 0. The monoisotopic (exact) mass is 336 g/mol. The maximum absolute atomic E-state index is 13.2. The molecular formula is C21H24N2O2. The molecule has 0 bridgehead atoms. The average Bonchev–Trinajstić information content (AvgIpc) is 3.18. The maximum atomic E-state index is 13.2. The number of benzene rings is 2. The number of nitrogens with one attached hydrogen (secondary N) is 1. The predicted molar refractivity (Wildman–Crippen MR) is 97.7 cm³/mol. The summed E-state index contributed by atoms with van der Waals surface area (Å²) < 4.78 is 0. The Morgan fingerprint density at radius 3 is 2.68 bits per heavy atom. The molecule has 1 amide bonds. The Hall–Kier alpha value is -2.33. The summed E-state index contributed by atoms with van der Waals surface area (Å²) in [5.74, 6) is 1.13. The van der Waals surface area contributed by atoms with Crippen molar-refractivity contribution in [2.24, 2.45) is 11.8 Å². The van der Waals surface area contributed by atoms with E-state index >= 15 is 0 Å². The number of phenolic OH excluding ortho intramolecular Hbond substituents is 1. The van der Waals surface area contributed by atoms with Crippen molar-refractivity contribution in [1.29, 1.82) is 0 Å². The molecule has 3 atom stereocenters. The number of aryl methyl sites for hydroxylation is 2. The number of fused-ring (bicyclic) bond motifs is 1. The van der Waals surface area contributed by atoms with Crippen LogP contribution in [0.5, 0.6) is 5.75 Å². The lowest BCUT2D eigenvalue weighted by Crippen LogP contribution is -2.35. The first-order chi connectivity index (χ1) is 12.1. The minimum atomic E-state index is 0.0120. The van der Waals surface area contributed by atoms with Crippen molar-refractivity contribution in [1.82, 2.24) is 10.2 Å². The van der Waals surface area contributed by atoms with Gasteiger partial charge in [0.25, 0.3) is 5.91 Å². The van der Waals surface area contributed by atoms with Gasteiger partial charge in [0, 0.05) is 31.1 Å². The molecule has 0 saturated carbocycles. The third-order valence-corrected chi connectivity index (χ3v) is 5.79. The van der Waals surface area contributed by atoms with E-state index in [9.17, 15) is 9.90 Å². The number of amides is 1. The molecule has 2 aliphatic rings. The Kier molecular flexibility index (Phi) is 4.00. The molecule has 2 aromatic carbocycles. The Balaban J connectivity index is 1.73. The number of aromatic hydroxyl groups is 1. The van der Waals surface area contributed by atoms with Crippen molar-refractivity contribution < 1.29 is 9.90 Å². The fourth-order valence-corrected chi connectivity index (χ4v) is 4.35. The van der Waals surface area contributed by atoms with Gasteiger partial charge < -0.3 is 15.3 Å². The van der Waals surface area contributed by atoms with E-state index in [-0.39, 0.29) is 17.7 Å². The fraction of sp³-hybridized carbons (Fsp3) is 0.381. The molecule has 4 rings (SSSR count). The summed E-state index contributed by atoms with van der Waals surface area (Å²) in [5, 5.41) is 13.5. The Bertz CT molecular complexity index is 817.